The molecule has 2 nitrogen and oxygen atoms in total. The second kappa shape index (κ2) is 2.80. The van der Waals surface area contributed by atoms with E-state index >= 15 is 0 Å². The number of fused-ring (bicyclic) bond motifs is 1. The molecule has 0 aliphatic heterocycles. The number of para-hydroxylation sites is 2. The van der Waals surface area contributed by atoms with Gasteiger partial charge in [0.25, 0.3) is 0 Å². The Labute approximate surface area is 61.9 Å². The van der Waals surface area contributed by atoms with Crippen molar-refractivity contribution in [2.24, 2.45) is 0 Å². The van der Waals surface area contributed by atoms with Gasteiger partial charge in [0.05, 0.1) is 0 Å². The predicted molar refractivity (Wildman–Crippen MR) is 45.1 cm³/mol. The number of rotatable bonds is 0. The third-order valence-electron chi connectivity index (χ3n) is 1.24. The fraction of sp³-hybridized carbons (Fsp3) is 0. The quantitative estimate of drug-likeness (QED) is 0.540. The highest BCUT2D eigenvalue weighted by atomic mass is 31.0. The van der Waals surface area contributed by atoms with Crippen LogP contribution in [-0.2, 0) is 0 Å². The Balaban J connectivity index is 0.000000500. The molecule has 0 spiro atoms. The lowest BCUT2D eigenvalue weighted by molar-refractivity contribution is 0.602. The monoisotopic (exact) mass is 153 g/mol. The fourth-order valence-electron chi connectivity index (χ4n) is 0.803. The molecule has 1 heterocycles. The molecule has 0 fully saturated rings. The van der Waals surface area contributed by atoms with Gasteiger partial charge in [-0.25, -0.2) is 4.98 Å². The van der Waals surface area contributed by atoms with E-state index < -0.39 is 0 Å². The average molecular weight is 153 g/mol. The largest absolute Gasteiger partial charge is 0.443 e. The average Bonchev–Trinajstić information content (AvgIpc) is 2.33. The smallest absolute Gasteiger partial charge is 0.181 e. The first kappa shape index (κ1) is 7.23. The summed E-state index contributed by atoms with van der Waals surface area (Å²) in [6.07, 6.45) is 1.45. The van der Waals surface area contributed by atoms with Gasteiger partial charge in [0.1, 0.15) is 5.52 Å². The van der Waals surface area contributed by atoms with Crippen LogP contribution in [0.2, 0.25) is 0 Å². The second-order valence-corrected chi connectivity index (χ2v) is 1.82. The first-order valence-electron chi connectivity index (χ1n) is 2.75. The molecule has 0 saturated carbocycles. The zero-order valence-corrected chi connectivity index (χ0v) is 6.86. The summed E-state index contributed by atoms with van der Waals surface area (Å²) in [5.74, 6) is 0. The van der Waals surface area contributed by atoms with Crippen molar-refractivity contribution in [1.82, 2.24) is 4.98 Å². The molecule has 2 aromatic rings. The summed E-state index contributed by atoms with van der Waals surface area (Å²) in [5, 5.41) is 0. The Bertz CT molecular complexity index is 288. The van der Waals surface area contributed by atoms with Crippen LogP contribution < -0.4 is 0 Å². The van der Waals surface area contributed by atoms with Crippen molar-refractivity contribution in [1.29, 1.82) is 0 Å². The van der Waals surface area contributed by atoms with Crippen molar-refractivity contribution in [3.63, 3.8) is 0 Å². The first-order valence-corrected chi connectivity index (χ1v) is 2.75. The summed E-state index contributed by atoms with van der Waals surface area (Å²) in [5.41, 5.74) is 1.76. The van der Waals surface area contributed by atoms with Crippen molar-refractivity contribution in [2.45, 2.75) is 0 Å². The predicted octanol–water partition coefficient (Wildman–Crippen LogP) is 1.89. The van der Waals surface area contributed by atoms with Crippen LogP contribution in [0.3, 0.4) is 0 Å². The molecule has 2 rings (SSSR count). The van der Waals surface area contributed by atoms with Crippen LogP contribution in [0.15, 0.2) is 35.1 Å². The number of oxazole rings is 1. The number of nitrogens with zero attached hydrogens (tertiary/aromatic N) is 1. The summed E-state index contributed by atoms with van der Waals surface area (Å²) < 4.78 is 5.01. The van der Waals surface area contributed by atoms with Gasteiger partial charge in [0.15, 0.2) is 12.0 Å². The van der Waals surface area contributed by atoms with E-state index in [0.29, 0.717) is 0 Å². The van der Waals surface area contributed by atoms with Crippen molar-refractivity contribution >= 4 is 21.0 Å². The van der Waals surface area contributed by atoms with E-state index in [9.17, 15) is 0 Å². The van der Waals surface area contributed by atoms with Crippen molar-refractivity contribution in [3.8, 4) is 0 Å². The van der Waals surface area contributed by atoms with E-state index in [1.807, 2.05) is 24.3 Å². The van der Waals surface area contributed by atoms with E-state index in [1.165, 1.54) is 6.39 Å². The lowest BCUT2D eigenvalue weighted by Gasteiger charge is -1.79. The van der Waals surface area contributed by atoms with Crippen LogP contribution in [-0.4, -0.2) is 4.98 Å². The lowest BCUT2D eigenvalue weighted by Crippen LogP contribution is -1.61. The first-order chi connectivity index (χ1) is 4.47. The van der Waals surface area contributed by atoms with Gasteiger partial charge in [-0.1, -0.05) is 12.1 Å². The molecule has 0 amide bonds. The Hall–Kier alpha value is -0.880. The molecular formula is C7H8NOP. The minimum absolute atomic E-state index is 0. The molecule has 0 aliphatic rings. The van der Waals surface area contributed by atoms with Crippen LogP contribution in [0.4, 0.5) is 0 Å². The fourth-order valence-corrected chi connectivity index (χ4v) is 0.803. The zero-order chi connectivity index (χ0) is 6.10. The van der Waals surface area contributed by atoms with Gasteiger partial charge >= 0.3 is 0 Å². The van der Waals surface area contributed by atoms with Gasteiger partial charge in [0, 0.05) is 0 Å². The topological polar surface area (TPSA) is 26.0 Å². The van der Waals surface area contributed by atoms with Gasteiger partial charge in [0.2, 0.25) is 0 Å². The van der Waals surface area contributed by atoms with Crippen LogP contribution in [0, 0.1) is 0 Å². The number of hydrogen-bond donors (Lipinski definition) is 0. The van der Waals surface area contributed by atoms with E-state index in [1.54, 1.807) is 0 Å². The molecule has 1 aromatic heterocycles. The summed E-state index contributed by atoms with van der Waals surface area (Å²) in [6, 6.07) is 7.67. The van der Waals surface area contributed by atoms with E-state index in [0.717, 1.165) is 11.1 Å². The standard InChI is InChI=1S/C7H5NO.H3P/c1-2-4-7-6(3-1)8-5-9-7;/h1-5H;1H3. The Kier molecular flexibility index (Phi) is 2.03. The van der Waals surface area contributed by atoms with E-state index in [-0.39, 0.29) is 9.90 Å². The minimum atomic E-state index is 0. The van der Waals surface area contributed by atoms with Crippen molar-refractivity contribution in [2.75, 3.05) is 0 Å². The normalized spacial score (nSPS) is 9.20. The van der Waals surface area contributed by atoms with Gasteiger partial charge in [-0.2, -0.15) is 9.90 Å². The summed E-state index contributed by atoms with van der Waals surface area (Å²) in [4.78, 5) is 3.95. The summed E-state index contributed by atoms with van der Waals surface area (Å²) >= 11 is 0. The van der Waals surface area contributed by atoms with E-state index in [2.05, 4.69) is 4.98 Å². The zero-order valence-electron chi connectivity index (χ0n) is 5.45. The number of hydrogen-bond acceptors (Lipinski definition) is 2. The highest BCUT2D eigenvalue weighted by Gasteiger charge is 1.91. The maximum absolute atomic E-state index is 5.01. The number of benzene rings is 1. The molecule has 0 saturated heterocycles. The van der Waals surface area contributed by atoms with Crippen molar-refractivity contribution in [3.05, 3.63) is 30.7 Å². The molecule has 1 aromatic carbocycles. The second-order valence-electron chi connectivity index (χ2n) is 1.82. The van der Waals surface area contributed by atoms with Crippen LogP contribution in [0.1, 0.15) is 0 Å². The lowest BCUT2D eigenvalue weighted by atomic mass is 10.3. The molecular weight excluding hydrogens is 145 g/mol. The molecule has 1 atom stereocenters. The van der Waals surface area contributed by atoms with Crippen LogP contribution in [0.25, 0.3) is 11.1 Å². The summed E-state index contributed by atoms with van der Waals surface area (Å²) in [7, 11) is 0. The molecule has 0 radical (unpaired) electrons. The summed E-state index contributed by atoms with van der Waals surface area (Å²) in [6.45, 7) is 0. The maximum Gasteiger partial charge on any atom is 0.181 e. The van der Waals surface area contributed by atoms with Crippen LogP contribution in [0.5, 0.6) is 0 Å². The molecule has 0 bridgehead atoms. The van der Waals surface area contributed by atoms with Gasteiger partial charge in [-0.3, -0.25) is 0 Å². The van der Waals surface area contributed by atoms with Gasteiger partial charge in [-0.15, -0.1) is 0 Å². The Morgan fingerprint density at radius 3 is 2.80 bits per heavy atom. The highest BCUT2D eigenvalue weighted by molar-refractivity contribution is 6.92. The van der Waals surface area contributed by atoms with Gasteiger partial charge < -0.3 is 4.42 Å². The molecule has 0 N–H and O–H groups in total. The van der Waals surface area contributed by atoms with Crippen molar-refractivity contribution < 1.29 is 4.42 Å². The molecule has 0 aliphatic carbocycles. The third kappa shape index (κ3) is 1.03. The molecule has 1 unspecified atom stereocenters. The number of aromatic nitrogens is 1. The molecule has 3 heteroatoms. The highest BCUT2D eigenvalue weighted by Crippen LogP contribution is 2.09. The molecule has 10 heavy (non-hydrogen) atoms. The molecule has 52 valence electrons. The van der Waals surface area contributed by atoms with E-state index in [4.69, 9.17) is 4.42 Å². The third-order valence-corrected chi connectivity index (χ3v) is 1.24. The Morgan fingerprint density at radius 1 is 1.20 bits per heavy atom. The SMILES string of the molecule is P.c1ccc2ocnc2c1. The minimum Gasteiger partial charge on any atom is -0.443 e. The van der Waals surface area contributed by atoms with Gasteiger partial charge in [-0.05, 0) is 12.1 Å². The van der Waals surface area contributed by atoms with Crippen LogP contribution >= 0.6 is 9.90 Å². The maximum atomic E-state index is 5.01. The Morgan fingerprint density at radius 2 is 2.00 bits per heavy atom.